The summed E-state index contributed by atoms with van der Waals surface area (Å²) in [7, 11) is 0. The van der Waals surface area contributed by atoms with Crippen molar-refractivity contribution in [1.29, 1.82) is 0 Å². The van der Waals surface area contributed by atoms with Gasteiger partial charge in [0.2, 0.25) is 0 Å². The van der Waals surface area contributed by atoms with E-state index in [2.05, 4.69) is 68.9 Å². The Bertz CT molecular complexity index is 578. The molecule has 1 aromatic carbocycles. The largest absolute Gasteiger partial charge is 0.330 e. The monoisotopic (exact) mass is 276 g/mol. The summed E-state index contributed by atoms with van der Waals surface area (Å²) in [4.78, 5) is 4.53. The molecule has 0 aliphatic rings. The van der Waals surface area contributed by atoms with Gasteiger partial charge in [0.15, 0.2) is 0 Å². The Hall–Kier alpha value is -0.960. The van der Waals surface area contributed by atoms with E-state index in [1.54, 1.807) is 0 Å². The quantitative estimate of drug-likeness (QED) is 0.830. The van der Waals surface area contributed by atoms with Crippen LogP contribution in [-0.4, -0.2) is 15.3 Å². The van der Waals surface area contributed by atoms with Gasteiger partial charge in [-0.2, -0.15) is 12.6 Å². The van der Waals surface area contributed by atoms with E-state index in [9.17, 15) is 0 Å². The lowest BCUT2D eigenvalue weighted by Gasteiger charge is -2.29. The van der Waals surface area contributed by atoms with Gasteiger partial charge in [-0.3, -0.25) is 0 Å². The van der Waals surface area contributed by atoms with Gasteiger partial charge in [-0.15, -0.1) is 0 Å². The van der Waals surface area contributed by atoms with Crippen LogP contribution in [0.15, 0.2) is 18.5 Å². The second kappa shape index (κ2) is 5.20. The summed E-state index contributed by atoms with van der Waals surface area (Å²) in [6.07, 6.45) is 1.96. The number of aryl methyl sites for hydroxylation is 2. The molecule has 0 spiro atoms. The fourth-order valence-corrected chi connectivity index (χ4v) is 2.96. The van der Waals surface area contributed by atoms with E-state index in [0.29, 0.717) is 5.92 Å². The van der Waals surface area contributed by atoms with Crippen molar-refractivity contribution in [2.75, 3.05) is 5.75 Å². The first-order valence-electron chi connectivity index (χ1n) is 6.86. The first-order chi connectivity index (χ1) is 8.82. The van der Waals surface area contributed by atoms with Crippen molar-refractivity contribution in [2.45, 2.75) is 41.2 Å². The SMILES string of the molecule is Cc1cc2ncn(CC(CS)C(C)(C)C)c2cc1C. The molecular weight excluding hydrogens is 252 g/mol. The third kappa shape index (κ3) is 2.97. The Morgan fingerprint density at radius 3 is 2.42 bits per heavy atom. The van der Waals surface area contributed by atoms with E-state index in [0.717, 1.165) is 17.8 Å². The van der Waals surface area contributed by atoms with E-state index in [4.69, 9.17) is 0 Å². The zero-order valence-corrected chi connectivity index (χ0v) is 13.5. The van der Waals surface area contributed by atoms with Crippen molar-refractivity contribution in [1.82, 2.24) is 9.55 Å². The fourth-order valence-electron chi connectivity index (χ4n) is 2.30. The number of benzene rings is 1. The van der Waals surface area contributed by atoms with E-state index < -0.39 is 0 Å². The maximum atomic E-state index is 4.53. The van der Waals surface area contributed by atoms with Crippen LogP contribution in [0, 0.1) is 25.2 Å². The molecule has 1 aromatic heterocycles. The molecule has 0 radical (unpaired) electrons. The Balaban J connectivity index is 2.38. The Kier molecular flexibility index (Phi) is 3.95. The van der Waals surface area contributed by atoms with Gasteiger partial charge < -0.3 is 4.57 Å². The topological polar surface area (TPSA) is 17.8 Å². The molecule has 0 amide bonds. The van der Waals surface area contributed by atoms with Gasteiger partial charge in [-0.05, 0) is 54.2 Å². The normalized spacial score (nSPS) is 14.0. The van der Waals surface area contributed by atoms with Gasteiger partial charge in [0, 0.05) is 6.54 Å². The fraction of sp³-hybridized carbons (Fsp3) is 0.562. The predicted octanol–water partition coefficient (Wildman–Crippen LogP) is 4.25. The average Bonchev–Trinajstić information content (AvgIpc) is 2.67. The van der Waals surface area contributed by atoms with Gasteiger partial charge in [-0.1, -0.05) is 20.8 Å². The smallest absolute Gasteiger partial charge is 0.0958 e. The first-order valence-corrected chi connectivity index (χ1v) is 7.49. The number of nitrogens with zero attached hydrogens (tertiary/aromatic N) is 2. The second-order valence-corrected chi connectivity index (χ2v) is 6.93. The van der Waals surface area contributed by atoms with Crippen LogP contribution in [0.4, 0.5) is 0 Å². The summed E-state index contributed by atoms with van der Waals surface area (Å²) in [6, 6.07) is 4.42. The third-order valence-electron chi connectivity index (χ3n) is 4.10. The molecule has 0 N–H and O–H groups in total. The molecule has 0 saturated heterocycles. The summed E-state index contributed by atoms with van der Waals surface area (Å²) >= 11 is 4.52. The molecular formula is C16H24N2S. The van der Waals surface area contributed by atoms with Crippen molar-refractivity contribution in [2.24, 2.45) is 11.3 Å². The molecule has 3 heteroatoms. The van der Waals surface area contributed by atoms with Crippen molar-refractivity contribution in [3.63, 3.8) is 0 Å². The Morgan fingerprint density at radius 1 is 1.21 bits per heavy atom. The molecule has 2 aromatic rings. The van der Waals surface area contributed by atoms with Crippen LogP contribution in [0.2, 0.25) is 0 Å². The number of thiol groups is 1. The van der Waals surface area contributed by atoms with E-state index in [-0.39, 0.29) is 5.41 Å². The summed E-state index contributed by atoms with van der Waals surface area (Å²) in [5.41, 5.74) is 5.22. The van der Waals surface area contributed by atoms with Crippen LogP contribution in [0.1, 0.15) is 31.9 Å². The molecule has 0 aliphatic carbocycles. The summed E-state index contributed by atoms with van der Waals surface area (Å²) < 4.78 is 2.27. The zero-order valence-electron chi connectivity index (χ0n) is 12.6. The van der Waals surface area contributed by atoms with Crippen LogP contribution in [-0.2, 0) is 6.54 Å². The number of hydrogen-bond acceptors (Lipinski definition) is 2. The second-order valence-electron chi connectivity index (χ2n) is 6.57. The lowest BCUT2D eigenvalue weighted by atomic mass is 9.82. The van der Waals surface area contributed by atoms with E-state index in [1.807, 2.05) is 6.33 Å². The van der Waals surface area contributed by atoms with Crippen LogP contribution in [0.3, 0.4) is 0 Å². The molecule has 0 aliphatic heterocycles. The van der Waals surface area contributed by atoms with Crippen molar-refractivity contribution < 1.29 is 0 Å². The van der Waals surface area contributed by atoms with Gasteiger partial charge in [-0.25, -0.2) is 4.98 Å². The molecule has 19 heavy (non-hydrogen) atoms. The van der Waals surface area contributed by atoms with E-state index >= 15 is 0 Å². The molecule has 2 nitrogen and oxygen atoms in total. The number of hydrogen-bond donors (Lipinski definition) is 1. The average molecular weight is 276 g/mol. The van der Waals surface area contributed by atoms with E-state index in [1.165, 1.54) is 16.6 Å². The molecule has 1 heterocycles. The van der Waals surface area contributed by atoms with Crippen molar-refractivity contribution in [3.05, 3.63) is 29.6 Å². The standard InChI is InChI=1S/C16H24N2S/c1-11-6-14-15(7-12(11)2)18(10-17-14)8-13(9-19)16(3,4)5/h6-7,10,13,19H,8-9H2,1-5H3. The van der Waals surface area contributed by atoms with Crippen molar-refractivity contribution >= 4 is 23.7 Å². The highest BCUT2D eigenvalue weighted by Gasteiger charge is 2.24. The van der Waals surface area contributed by atoms with Gasteiger partial charge in [0.25, 0.3) is 0 Å². The molecule has 1 atom stereocenters. The van der Waals surface area contributed by atoms with Crippen LogP contribution in [0.25, 0.3) is 11.0 Å². The lowest BCUT2D eigenvalue weighted by molar-refractivity contribution is 0.240. The highest BCUT2D eigenvalue weighted by atomic mass is 32.1. The summed E-state index contributed by atoms with van der Waals surface area (Å²) in [5.74, 6) is 1.43. The molecule has 2 rings (SSSR count). The van der Waals surface area contributed by atoms with Gasteiger partial charge in [0.05, 0.1) is 17.4 Å². The van der Waals surface area contributed by atoms with Gasteiger partial charge in [0.1, 0.15) is 0 Å². The number of fused-ring (bicyclic) bond motifs is 1. The third-order valence-corrected chi connectivity index (χ3v) is 4.54. The number of aromatic nitrogens is 2. The molecule has 104 valence electrons. The number of imidazole rings is 1. The molecule has 0 saturated carbocycles. The zero-order chi connectivity index (χ0) is 14.2. The summed E-state index contributed by atoms with van der Waals surface area (Å²) in [6.45, 7) is 12.1. The van der Waals surface area contributed by atoms with Crippen LogP contribution >= 0.6 is 12.6 Å². The highest BCUT2D eigenvalue weighted by Crippen LogP contribution is 2.29. The maximum absolute atomic E-state index is 4.53. The molecule has 1 unspecified atom stereocenters. The Labute approximate surface area is 121 Å². The summed E-state index contributed by atoms with van der Waals surface area (Å²) in [5, 5.41) is 0. The van der Waals surface area contributed by atoms with Gasteiger partial charge >= 0.3 is 0 Å². The first kappa shape index (κ1) is 14.4. The van der Waals surface area contributed by atoms with Crippen LogP contribution < -0.4 is 0 Å². The predicted molar refractivity (Wildman–Crippen MR) is 86.0 cm³/mol. The molecule has 0 bridgehead atoms. The Morgan fingerprint density at radius 2 is 1.84 bits per heavy atom. The maximum Gasteiger partial charge on any atom is 0.0958 e. The molecule has 0 fully saturated rings. The highest BCUT2D eigenvalue weighted by molar-refractivity contribution is 7.80. The van der Waals surface area contributed by atoms with Crippen LogP contribution in [0.5, 0.6) is 0 Å². The minimum absolute atomic E-state index is 0.262. The number of rotatable bonds is 3. The minimum atomic E-state index is 0.262. The minimum Gasteiger partial charge on any atom is -0.330 e. The van der Waals surface area contributed by atoms with Crippen molar-refractivity contribution in [3.8, 4) is 0 Å². The lowest BCUT2D eigenvalue weighted by Crippen LogP contribution is -2.26.